The molecule has 5 nitrogen and oxygen atoms in total. The number of aromatic nitrogens is 4. The second-order valence-corrected chi connectivity index (χ2v) is 3.15. The average Bonchev–Trinajstić information content (AvgIpc) is 2.93. The molecule has 3 rings (SSSR count). The van der Waals surface area contributed by atoms with Crippen molar-refractivity contribution in [1.29, 1.82) is 0 Å². The maximum absolute atomic E-state index is 3.98. The van der Waals surface area contributed by atoms with Crippen molar-refractivity contribution in [2.75, 3.05) is 0 Å². The molecule has 0 aliphatic carbocycles. The maximum Gasteiger partial charge on any atom is 0.115 e. The summed E-state index contributed by atoms with van der Waals surface area (Å²) in [5.74, 6) is 0. The van der Waals surface area contributed by atoms with Gasteiger partial charge >= 0.3 is 0 Å². The molecule has 0 atom stereocenters. The Labute approximate surface area is 93.5 Å². The Bertz CT molecular complexity index is 495. The minimum atomic E-state index is 0. The fraction of sp³-hybridized carbons (Fsp3) is 0.0909. The lowest BCUT2D eigenvalue weighted by Crippen LogP contribution is -1.73. The first-order valence-corrected chi connectivity index (χ1v) is 4.72. The second kappa shape index (κ2) is 5.67. The summed E-state index contributed by atoms with van der Waals surface area (Å²) in [4.78, 5) is 2.86. The number of nitrogens with zero attached hydrogens (tertiary/aromatic N) is 2. The van der Waals surface area contributed by atoms with E-state index in [0.717, 1.165) is 16.6 Å². The van der Waals surface area contributed by atoms with Gasteiger partial charge in [0, 0.05) is 12.4 Å². The van der Waals surface area contributed by atoms with Gasteiger partial charge in [0.05, 0.1) is 0 Å². The van der Waals surface area contributed by atoms with E-state index in [1.807, 2.05) is 49.6 Å². The van der Waals surface area contributed by atoms with Crippen molar-refractivity contribution >= 4 is 11.0 Å². The molecule has 0 fully saturated rings. The Morgan fingerprint density at radius 1 is 1.00 bits per heavy atom. The number of rotatable bonds is 0. The predicted octanol–water partition coefficient (Wildman–Crippen LogP) is 2.44. The zero-order valence-corrected chi connectivity index (χ0v) is 9.14. The van der Waals surface area contributed by atoms with Crippen LogP contribution >= 0.6 is 0 Å². The van der Waals surface area contributed by atoms with Crippen molar-refractivity contribution in [3.05, 3.63) is 48.3 Å². The van der Waals surface area contributed by atoms with E-state index in [0.29, 0.717) is 0 Å². The fourth-order valence-corrected chi connectivity index (χ4v) is 1.29. The normalized spacial score (nSPS) is 9.06. The molecule has 0 saturated carbocycles. The van der Waals surface area contributed by atoms with Gasteiger partial charge in [0.1, 0.15) is 11.0 Å². The number of nitrogens with one attached hydrogen (secondary N) is 2. The minimum Gasteiger partial charge on any atom is -0.368 e. The molecule has 5 heteroatoms. The van der Waals surface area contributed by atoms with Gasteiger partial charge in [-0.1, -0.05) is 12.1 Å². The van der Waals surface area contributed by atoms with Gasteiger partial charge in [-0.05, 0) is 30.7 Å². The molecule has 0 amide bonds. The van der Waals surface area contributed by atoms with Crippen molar-refractivity contribution in [1.82, 2.24) is 26.5 Å². The fourth-order valence-electron chi connectivity index (χ4n) is 1.29. The van der Waals surface area contributed by atoms with Crippen LogP contribution in [0, 0.1) is 6.92 Å². The van der Waals surface area contributed by atoms with Gasteiger partial charge < -0.3 is 11.1 Å². The van der Waals surface area contributed by atoms with Crippen molar-refractivity contribution in [2.24, 2.45) is 0 Å². The number of para-hydroxylation sites is 1. The number of aromatic amines is 2. The molecule has 0 saturated heterocycles. The Morgan fingerprint density at radius 2 is 1.75 bits per heavy atom. The van der Waals surface area contributed by atoms with Crippen molar-refractivity contribution in [3.8, 4) is 0 Å². The van der Waals surface area contributed by atoms with E-state index in [-0.39, 0.29) is 6.15 Å². The van der Waals surface area contributed by atoms with Gasteiger partial charge in [-0.15, -0.1) is 0 Å². The summed E-state index contributed by atoms with van der Waals surface area (Å²) in [6.07, 6.45) is 3.75. The SMILES string of the molecule is Cc1cccc2n[nH]nc12.N.c1cc[nH]c1. The Kier molecular flexibility index (Phi) is 4.23. The van der Waals surface area contributed by atoms with Gasteiger partial charge in [-0.2, -0.15) is 15.4 Å². The van der Waals surface area contributed by atoms with Crippen molar-refractivity contribution in [3.63, 3.8) is 0 Å². The molecule has 0 bridgehead atoms. The van der Waals surface area contributed by atoms with Gasteiger partial charge in [0.25, 0.3) is 0 Å². The van der Waals surface area contributed by atoms with Gasteiger partial charge in [0.2, 0.25) is 0 Å². The summed E-state index contributed by atoms with van der Waals surface area (Å²) in [7, 11) is 0. The summed E-state index contributed by atoms with van der Waals surface area (Å²) in [6, 6.07) is 9.82. The zero-order valence-electron chi connectivity index (χ0n) is 9.14. The summed E-state index contributed by atoms with van der Waals surface area (Å²) < 4.78 is 0. The highest BCUT2D eigenvalue weighted by molar-refractivity contribution is 5.76. The highest BCUT2D eigenvalue weighted by Gasteiger charge is 1.97. The van der Waals surface area contributed by atoms with Crippen LogP contribution in [0.25, 0.3) is 11.0 Å². The highest BCUT2D eigenvalue weighted by atomic mass is 15.3. The third kappa shape index (κ3) is 2.68. The standard InChI is InChI=1S/C7H7N3.C4H5N.H3N/c1-5-3-2-4-6-7(5)9-10-8-6;1-2-4-5-3-1;/h2-4H,1H3,(H,8,9,10);1-5H;1H3. The van der Waals surface area contributed by atoms with Crippen LogP contribution in [0.15, 0.2) is 42.7 Å². The molecular formula is C11H15N5. The topological polar surface area (TPSA) is 92.4 Å². The van der Waals surface area contributed by atoms with Crippen LogP contribution in [0.2, 0.25) is 0 Å². The van der Waals surface area contributed by atoms with Crippen molar-refractivity contribution in [2.45, 2.75) is 6.92 Å². The number of aryl methyl sites for hydroxylation is 1. The van der Waals surface area contributed by atoms with Crippen LogP contribution in [-0.2, 0) is 0 Å². The molecule has 16 heavy (non-hydrogen) atoms. The van der Waals surface area contributed by atoms with Gasteiger partial charge in [0.15, 0.2) is 0 Å². The second-order valence-electron chi connectivity index (χ2n) is 3.15. The molecule has 0 aliphatic heterocycles. The highest BCUT2D eigenvalue weighted by Crippen LogP contribution is 2.10. The zero-order chi connectivity index (χ0) is 10.5. The van der Waals surface area contributed by atoms with E-state index in [2.05, 4.69) is 20.4 Å². The number of fused-ring (bicyclic) bond motifs is 1. The Morgan fingerprint density at radius 3 is 2.31 bits per heavy atom. The van der Waals surface area contributed by atoms with E-state index in [1.165, 1.54) is 0 Å². The monoisotopic (exact) mass is 217 g/mol. The average molecular weight is 217 g/mol. The molecule has 1 aromatic carbocycles. The third-order valence-corrected chi connectivity index (χ3v) is 2.04. The van der Waals surface area contributed by atoms with Crippen LogP contribution in [0.4, 0.5) is 0 Å². The smallest absolute Gasteiger partial charge is 0.115 e. The van der Waals surface area contributed by atoms with E-state index < -0.39 is 0 Å². The van der Waals surface area contributed by atoms with E-state index in [4.69, 9.17) is 0 Å². The molecule has 2 aromatic heterocycles. The molecular weight excluding hydrogens is 202 g/mol. The largest absolute Gasteiger partial charge is 0.368 e. The first-order chi connectivity index (χ1) is 7.38. The van der Waals surface area contributed by atoms with Crippen molar-refractivity contribution < 1.29 is 0 Å². The van der Waals surface area contributed by atoms with Crippen LogP contribution in [0.5, 0.6) is 0 Å². The molecule has 5 N–H and O–H groups in total. The number of hydrogen-bond donors (Lipinski definition) is 3. The van der Waals surface area contributed by atoms with Crippen LogP contribution in [0.3, 0.4) is 0 Å². The molecule has 0 spiro atoms. The quantitative estimate of drug-likeness (QED) is 0.540. The lowest BCUT2D eigenvalue weighted by Gasteiger charge is -1.88. The predicted molar refractivity (Wildman–Crippen MR) is 64.4 cm³/mol. The summed E-state index contributed by atoms with van der Waals surface area (Å²) >= 11 is 0. The lowest BCUT2D eigenvalue weighted by atomic mass is 10.2. The summed E-state index contributed by atoms with van der Waals surface area (Å²) in [5.41, 5.74) is 3.05. The first kappa shape index (κ1) is 11.9. The molecule has 0 radical (unpaired) electrons. The van der Waals surface area contributed by atoms with Gasteiger partial charge in [-0.25, -0.2) is 0 Å². The van der Waals surface area contributed by atoms with Gasteiger partial charge in [-0.3, -0.25) is 0 Å². The molecule has 0 aliphatic rings. The first-order valence-electron chi connectivity index (χ1n) is 4.72. The Hall–Kier alpha value is -2.14. The van der Waals surface area contributed by atoms with E-state index >= 15 is 0 Å². The minimum absolute atomic E-state index is 0. The van der Waals surface area contributed by atoms with E-state index in [9.17, 15) is 0 Å². The maximum atomic E-state index is 3.98. The summed E-state index contributed by atoms with van der Waals surface area (Å²) in [5, 5.41) is 10.5. The number of benzene rings is 1. The van der Waals surface area contributed by atoms with Crippen LogP contribution in [0.1, 0.15) is 5.56 Å². The third-order valence-electron chi connectivity index (χ3n) is 2.04. The number of hydrogen-bond acceptors (Lipinski definition) is 3. The molecule has 84 valence electrons. The Balaban J connectivity index is 0.000000183. The van der Waals surface area contributed by atoms with Crippen LogP contribution < -0.4 is 6.15 Å². The number of H-pyrrole nitrogens is 2. The molecule has 2 heterocycles. The molecule has 0 unspecified atom stereocenters. The molecule has 3 aromatic rings. The summed E-state index contributed by atoms with van der Waals surface area (Å²) in [6.45, 7) is 2.02. The van der Waals surface area contributed by atoms with E-state index in [1.54, 1.807) is 0 Å². The van der Waals surface area contributed by atoms with Crippen LogP contribution in [-0.4, -0.2) is 20.4 Å². The lowest BCUT2D eigenvalue weighted by molar-refractivity contribution is 0.958.